The summed E-state index contributed by atoms with van der Waals surface area (Å²) in [6.07, 6.45) is 4.16. The molecular weight excluding hydrogens is 226 g/mol. The highest BCUT2D eigenvalue weighted by molar-refractivity contribution is 5.65. The Bertz CT molecular complexity index is 546. The molecule has 1 aliphatic rings. The molecule has 0 aliphatic carbocycles. The maximum absolute atomic E-state index is 6.16. The Hall–Kier alpha value is -2.14. The third-order valence-electron chi connectivity index (χ3n) is 3.13. The lowest BCUT2D eigenvalue weighted by atomic mass is 10.1. The zero-order valence-corrected chi connectivity index (χ0v) is 9.95. The second-order valence-corrected chi connectivity index (χ2v) is 4.30. The topological polar surface area (TPSA) is 70.3 Å². The van der Waals surface area contributed by atoms with Crippen molar-refractivity contribution in [2.75, 3.05) is 6.54 Å². The highest BCUT2D eigenvalue weighted by Gasteiger charge is 2.22. The van der Waals surface area contributed by atoms with Gasteiger partial charge in [-0.05, 0) is 12.0 Å². The number of benzene rings is 1. The molecule has 0 saturated heterocycles. The molecule has 18 heavy (non-hydrogen) atoms. The molecule has 1 unspecified atom stereocenters. The van der Waals surface area contributed by atoms with Crippen molar-refractivity contribution in [3.8, 4) is 0 Å². The highest BCUT2D eigenvalue weighted by atomic mass is 15.3. The fraction of sp³-hybridized carbons (Fsp3) is 0.231. The number of fused-ring (bicyclic) bond motifs is 1. The second-order valence-electron chi connectivity index (χ2n) is 4.30. The van der Waals surface area contributed by atoms with Crippen molar-refractivity contribution in [2.45, 2.75) is 12.6 Å². The molecule has 2 aromatic rings. The van der Waals surface area contributed by atoms with E-state index in [1.54, 1.807) is 12.7 Å². The summed E-state index contributed by atoms with van der Waals surface area (Å²) >= 11 is 0. The van der Waals surface area contributed by atoms with E-state index in [0.29, 0.717) is 5.82 Å². The van der Waals surface area contributed by atoms with E-state index in [0.717, 1.165) is 18.7 Å². The lowest BCUT2D eigenvalue weighted by Gasteiger charge is -2.28. The van der Waals surface area contributed by atoms with Crippen LogP contribution in [0.2, 0.25) is 0 Å². The smallest absolute Gasteiger partial charge is 0.178 e. The average molecular weight is 241 g/mol. The van der Waals surface area contributed by atoms with Gasteiger partial charge in [-0.15, -0.1) is 0 Å². The van der Waals surface area contributed by atoms with Crippen LogP contribution in [-0.2, 0) is 6.42 Å². The maximum atomic E-state index is 6.16. The maximum Gasteiger partial charge on any atom is 0.178 e. The summed E-state index contributed by atoms with van der Waals surface area (Å²) < 4.78 is 0. The monoisotopic (exact) mass is 241 g/mol. The predicted octanol–water partition coefficient (Wildman–Crippen LogP) is 1.59. The molecule has 1 aromatic carbocycles. The third-order valence-corrected chi connectivity index (χ3v) is 3.13. The molecule has 0 saturated carbocycles. The Morgan fingerprint density at radius 2 is 2.11 bits per heavy atom. The van der Waals surface area contributed by atoms with E-state index in [-0.39, 0.29) is 6.17 Å². The number of nitrogens with zero attached hydrogens (tertiary/aromatic N) is 3. The summed E-state index contributed by atoms with van der Waals surface area (Å²) in [6.45, 7) is 0.840. The van der Waals surface area contributed by atoms with Gasteiger partial charge in [0, 0.05) is 6.54 Å². The number of imidazole rings is 1. The van der Waals surface area contributed by atoms with Gasteiger partial charge in [0.25, 0.3) is 0 Å². The minimum atomic E-state index is -0.191. The summed E-state index contributed by atoms with van der Waals surface area (Å²) in [5, 5.41) is 0. The lowest BCUT2D eigenvalue weighted by Crippen LogP contribution is -2.37. The van der Waals surface area contributed by atoms with Gasteiger partial charge in [-0.2, -0.15) is 0 Å². The van der Waals surface area contributed by atoms with Gasteiger partial charge in [0.05, 0.1) is 18.4 Å². The molecule has 5 nitrogen and oxygen atoms in total. The Balaban J connectivity index is 1.68. The molecule has 0 radical (unpaired) electrons. The van der Waals surface area contributed by atoms with Crippen LogP contribution in [-0.4, -0.2) is 27.8 Å². The first-order valence-corrected chi connectivity index (χ1v) is 5.97. The molecule has 0 bridgehead atoms. The summed E-state index contributed by atoms with van der Waals surface area (Å²) in [7, 11) is 0. The zero-order chi connectivity index (χ0) is 12.4. The third kappa shape index (κ3) is 2.00. The van der Waals surface area contributed by atoms with Gasteiger partial charge in [0.1, 0.15) is 6.17 Å². The van der Waals surface area contributed by atoms with Crippen molar-refractivity contribution in [2.24, 2.45) is 10.7 Å². The average Bonchev–Trinajstić information content (AvgIpc) is 2.88. The van der Waals surface area contributed by atoms with Gasteiger partial charge in [-0.1, -0.05) is 30.3 Å². The predicted molar refractivity (Wildman–Crippen MR) is 70.5 cm³/mol. The molecule has 92 valence electrons. The van der Waals surface area contributed by atoms with Crippen molar-refractivity contribution < 1.29 is 0 Å². The quantitative estimate of drug-likeness (QED) is 0.857. The van der Waals surface area contributed by atoms with E-state index in [2.05, 4.69) is 27.1 Å². The number of nitrogens with two attached hydrogens (primary N) is 1. The number of hydrogen-bond donors (Lipinski definition) is 2. The van der Waals surface area contributed by atoms with Gasteiger partial charge in [-0.3, -0.25) is 0 Å². The van der Waals surface area contributed by atoms with Crippen molar-refractivity contribution in [1.29, 1.82) is 0 Å². The lowest BCUT2D eigenvalue weighted by molar-refractivity contribution is 0.326. The van der Waals surface area contributed by atoms with Crippen LogP contribution in [0.5, 0.6) is 0 Å². The normalized spacial score (nSPS) is 17.8. The van der Waals surface area contributed by atoms with Crippen LogP contribution in [0, 0.1) is 0 Å². The van der Waals surface area contributed by atoms with Crippen molar-refractivity contribution in [3.05, 3.63) is 47.9 Å². The largest absolute Gasteiger partial charge is 0.344 e. The Morgan fingerprint density at radius 1 is 1.28 bits per heavy atom. The van der Waals surface area contributed by atoms with Crippen LogP contribution in [0.3, 0.4) is 0 Å². The van der Waals surface area contributed by atoms with E-state index in [1.165, 1.54) is 5.56 Å². The standard InChI is InChI=1S/C13H15N5/c14-12-11-13(16-8-15-11)17-9-18(12)7-6-10-4-2-1-3-5-10/h1-5,8-9,12H,6-7,14H2,(H,15,16). The van der Waals surface area contributed by atoms with Crippen LogP contribution in [0.15, 0.2) is 41.7 Å². The molecule has 3 rings (SSSR count). The minimum absolute atomic E-state index is 0.191. The van der Waals surface area contributed by atoms with Crippen molar-refractivity contribution in [1.82, 2.24) is 14.9 Å². The van der Waals surface area contributed by atoms with E-state index >= 15 is 0 Å². The van der Waals surface area contributed by atoms with Crippen LogP contribution >= 0.6 is 0 Å². The summed E-state index contributed by atoms with van der Waals surface area (Å²) in [5.74, 6) is 0.693. The first-order valence-electron chi connectivity index (χ1n) is 5.97. The minimum Gasteiger partial charge on any atom is -0.344 e. The van der Waals surface area contributed by atoms with E-state index in [4.69, 9.17) is 5.73 Å². The fourth-order valence-corrected chi connectivity index (χ4v) is 2.08. The van der Waals surface area contributed by atoms with Crippen LogP contribution < -0.4 is 5.73 Å². The molecule has 1 aliphatic heterocycles. The number of nitrogens with one attached hydrogen (secondary N) is 1. The van der Waals surface area contributed by atoms with Gasteiger partial charge < -0.3 is 15.6 Å². The molecule has 1 atom stereocenters. The van der Waals surface area contributed by atoms with Crippen LogP contribution in [0.4, 0.5) is 5.82 Å². The van der Waals surface area contributed by atoms with Crippen LogP contribution in [0.25, 0.3) is 0 Å². The van der Waals surface area contributed by atoms with Crippen LogP contribution in [0.1, 0.15) is 17.4 Å². The summed E-state index contributed by atoms with van der Waals surface area (Å²) in [5.41, 5.74) is 8.34. The summed E-state index contributed by atoms with van der Waals surface area (Å²) in [4.78, 5) is 13.4. The van der Waals surface area contributed by atoms with Gasteiger partial charge in [0.2, 0.25) is 0 Å². The van der Waals surface area contributed by atoms with Gasteiger partial charge in [-0.25, -0.2) is 9.98 Å². The van der Waals surface area contributed by atoms with Crippen molar-refractivity contribution >= 4 is 12.2 Å². The molecule has 2 heterocycles. The van der Waals surface area contributed by atoms with E-state index in [9.17, 15) is 0 Å². The number of aliphatic imine (C=N–C) groups is 1. The number of rotatable bonds is 3. The number of H-pyrrole nitrogens is 1. The highest BCUT2D eigenvalue weighted by Crippen LogP contribution is 2.25. The SMILES string of the molecule is NC1c2[nH]cnc2N=CN1CCc1ccccc1. The number of aromatic amines is 1. The molecular formula is C13H15N5. The number of hydrogen-bond acceptors (Lipinski definition) is 4. The molecule has 5 heteroatoms. The van der Waals surface area contributed by atoms with E-state index < -0.39 is 0 Å². The zero-order valence-electron chi connectivity index (χ0n) is 9.95. The molecule has 0 spiro atoms. The van der Waals surface area contributed by atoms with Gasteiger partial charge >= 0.3 is 0 Å². The molecule has 0 amide bonds. The van der Waals surface area contributed by atoms with Crippen molar-refractivity contribution in [3.63, 3.8) is 0 Å². The Morgan fingerprint density at radius 3 is 2.94 bits per heavy atom. The molecule has 1 aromatic heterocycles. The fourth-order valence-electron chi connectivity index (χ4n) is 2.08. The Kier molecular flexibility index (Phi) is 2.82. The number of aromatic nitrogens is 2. The molecule has 0 fully saturated rings. The van der Waals surface area contributed by atoms with Gasteiger partial charge in [0.15, 0.2) is 5.82 Å². The summed E-state index contributed by atoms with van der Waals surface area (Å²) in [6, 6.07) is 10.4. The molecule has 3 N–H and O–H groups in total. The first-order chi connectivity index (χ1) is 8.84. The second kappa shape index (κ2) is 4.62. The Labute approximate surface area is 105 Å². The van der Waals surface area contributed by atoms with E-state index in [1.807, 2.05) is 23.1 Å². The first kappa shape index (κ1) is 11.0.